The number of carbonyl (C=O) groups excluding carboxylic acids is 1. The first-order valence-electron chi connectivity index (χ1n) is 11.4. The number of aliphatic hydroxyl groups is 1. The van der Waals surface area contributed by atoms with E-state index in [9.17, 15) is 20.0 Å². The topological polar surface area (TPSA) is 92.9 Å². The van der Waals surface area contributed by atoms with Crippen molar-refractivity contribution in [3.8, 4) is 0 Å². The smallest absolute Gasteiger partial charge is 0.269 e. The van der Waals surface area contributed by atoms with E-state index in [0.717, 1.165) is 29.5 Å². The molecule has 1 heterocycles. The molecule has 0 saturated heterocycles. The van der Waals surface area contributed by atoms with Gasteiger partial charge in [-0.1, -0.05) is 60.7 Å². The van der Waals surface area contributed by atoms with Crippen LogP contribution in [0.3, 0.4) is 0 Å². The van der Waals surface area contributed by atoms with Crippen molar-refractivity contribution in [2.45, 2.75) is 24.9 Å². The van der Waals surface area contributed by atoms with Crippen molar-refractivity contribution < 1.29 is 19.6 Å². The first-order valence-corrected chi connectivity index (χ1v) is 11.4. The number of benzene rings is 3. The normalized spacial score (nSPS) is 20.3. The van der Waals surface area contributed by atoms with Crippen molar-refractivity contribution >= 4 is 11.6 Å². The van der Waals surface area contributed by atoms with Crippen molar-refractivity contribution in [2.24, 2.45) is 5.41 Å². The fourth-order valence-corrected chi connectivity index (χ4v) is 4.81. The minimum Gasteiger partial charge on any atom is -0.396 e. The lowest BCUT2D eigenvalue weighted by molar-refractivity contribution is -0.384. The van der Waals surface area contributed by atoms with Gasteiger partial charge in [0.15, 0.2) is 0 Å². The van der Waals surface area contributed by atoms with E-state index in [0.29, 0.717) is 12.2 Å². The molecule has 2 aliphatic rings. The maximum Gasteiger partial charge on any atom is 0.269 e. The summed E-state index contributed by atoms with van der Waals surface area (Å²) in [7, 11) is 0. The molecule has 1 unspecified atom stereocenters. The zero-order valence-corrected chi connectivity index (χ0v) is 18.7. The van der Waals surface area contributed by atoms with Crippen LogP contribution in [0, 0.1) is 15.5 Å². The van der Waals surface area contributed by atoms with Crippen LogP contribution in [0.5, 0.6) is 0 Å². The summed E-state index contributed by atoms with van der Waals surface area (Å²) in [4.78, 5) is 26.2. The number of ether oxygens (including phenoxy) is 1. The highest BCUT2D eigenvalue weighted by Crippen LogP contribution is 2.48. The van der Waals surface area contributed by atoms with Crippen molar-refractivity contribution in [2.75, 3.05) is 19.8 Å². The maximum atomic E-state index is 13.7. The van der Waals surface area contributed by atoms with E-state index in [1.54, 1.807) is 12.1 Å². The quantitative estimate of drug-likeness (QED) is 0.382. The highest BCUT2D eigenvalue weighted by atomic mass is 16.6. The molecule has 5 rings (SSSR count). The minimum absolute atomic E-state index is 0.0103. The number of fused-ring (bicyclic) bond motifs is 1. The molecule has 1 N–H and O–H groups in total. The standard InChI is InChI=1S/C27H26N2O5/c30-17-26(14-15-26)18-34-19-27(21-6-2-1-3-7-21)24-9-5-4-8-23(24)25(31)28(27)16-20-10-12-22(13-11-20)29(32)33/h1-13,30H,14-19H2. The van der Waals surface area contributed by atoms with Gasteiger partial charge in [-0.2, -0.15) is 0 Å². The van der Waals surface area contributed by atoms with Crippen LogP contribution in [0.25, 0.3) is 0 Å². The maximum absolute atomic E-state index is 13.7. The van der Waals surface area contributed by atoms with Gasteiger partial charge in [0.25, 0.3) is 11.6 Å². The number of nitrogens with zero attached hydrogens (tertiary/aromatic N) is 2. The Balaban J connectivity index is 1.57. The second-order valence-corrected chi connectivity index (χ2v) is 9.24. The number of nitro groups is 1. The Morgan fingerprint density at radius 3 is 2.26 bits per heavy atom. The lowest BCUT2D eigenvalue weighted by Crippen LogP contribution is -2.48. The summed E-state index contributed by atoms with van der Waals surface area (Å²) in [5.74, 6) is -0.107. The molecule has 1 amide bonds. The average molecular weight is 459 g/mol. The summed E-state index contributed by atoms with van der Waals surface area (Å²) in [5, 5.41) is 20.8. The van der Waals surface area contributed by atoms with Gasteiger partial charge in [0, 0.05) is 29.7 Å². The van der Waals surface area contributed by atoms with E-state index in [2.05, 4.69) is 0 Å². The van der Waals surface area contributed by atoms with E-state index in [1.165, 1.54) is 12.1 Å². The van der Waals surface area contributed by atoms with Gasteiger partial charge in [-0.25, -0.2) is 0 Å². The summed E-state index contributed by atoms with van der Waals surface area (Å²) in [6.45, 7) is 1.04. The number of amides is 1. The Kier molecular flexibility index (Phi) is 5.67. The van der Waals surface area contributed by atoms with Crippen LogP contribution in [0.1, 0.15) is 39.9 Å². The van der Waals surface area contributed by atoms with Gasteiger partial charge in [0.2, 0.25) is 0 Å². The second-order valence-electron chi connectivity index (χ2n) is 9.24. The largest absolute Gasteiger partial charge is 0.396 e. The summed E-state index contributed by atoms with van der Waals surface area (Å²) in [5.41, 5.74) is 2.20. The number of carbonyl (C=O) groups is 1. The van der Waals surface area contributed by atoms with Crippen LogP contribution in [0.2, 0.25) is 0 Å². The van der Waals surface area contributed by atoms with Crippen molar-refractivity contribution in [1.82, 2.24) is 4.90 Å². The molecule has 7 nitrogen and oxygen atoms in total. The zero-order valence-electron chi connectivity index (χ0n) is 18.7. The molecule has 174 valence electrons. The predicted octanol–water partition coefficient (Wildman–Crippen LogP) is 4.28. The van der Waals surface area contributed by atoms with Gasteiger partial charge >= 0.3 is 0 Å². The lowest BCUT2D eigenvalue weighted by atomic mass is 9.83. The summed E-state index contributed by atoms with van der Waals surface area (Å²) < 4.78 is 6.27. The highest BCUT2D eigenvalue weighted by Gasteiger charge is 2.52. The van der Waals surface area contributed by atoms with E-state index in [1.807, 2.05) is 59.5 Å². The molecular weight excluding hydrogens is 432 g/mol. The Morgan fingerprint density at radius 1 is 0.941 bits per heavy atom. The van der Waals surface area contributed by atoms with Gasteiger partial charge in [0.1, 0.15) is 5.54 Å². The first-order chi connectivity index (χ1) is 16.5. The molecule has 7 heteroatoms. The Hall–Kier alpha value is -3.55. The molecule has 1 atom stereocenters. The molecule has 1 aliphatic carbocycles. The summed E-state index contributed by atoms with van der Waals surface area (Å²) in [6.07, 6.45) is 1.87. The molecule has 0 bridgehead atoms. The zero-order chi connectivity index (χ0) is 23.8. The number of non-ortho nitro benzene ring substituents is 1. The van der Waals surface area contributed by atoms with Gasteiger partial charge in [-0.15, -0.1) is 0 Å². The van der Waals surface area contributed by atoms with Gasteiger partial charge in [0.05, 0.1) is 24.7 Å². The minimum atomic E-state index is -0.859. The van der Waals surface area contributed by atoms with Gasteiger partial charge in [-0.3, -0.25) is 14.9 Å². The monoisotopic (exact) mass is 458 g/mol. The second kappa shape index (κ2) is 8.66. The van der Waals surface area contributed by atoms with Crippen molar-refractivity contribution in [3.63, 3.8) is 0 Å². The first kappa shape index (κ1) is 22.3. The van der Waals surface area contributed by atoms with E-state index in [-0.39, 0.29) is 36.8 Å². The Labute approximate surface area is 197 Å². The third kappa shape index (κ3) is 3.77. The van der Waals surface area contributed by atoms with Crippen LogP contribution in [-0.4, -0.2) is 40.7 Å². The number of aliphatic hydroxyl groups excluding tert-OH is 1. The third-order valence-corrected chi connectivity index (χ3v) is 7.06. The van der Waals surface area contributed by atoms with Crippen LogP contribution in [-0.2, 0) is 16.8 Å². The number of nitro benzene ring substituents is 1. The Bertz CT molecular complexity index is 1210. The Morgan fingerprint density at radius 2 is 1.62 bits per heavy atom. The fourth-order valence-electron chi connectivity index (χ4n) is 4.81. The molecule has 3 aromatic carbocycles. The molecule has 0 aromatic heterocycles. The molecule has 1 fully saturated rings. The molecule has 0 spiro atoms. The van der Waals surface area contributed by atoms with Crippen molar-refractivity contribution in [3.05, 3.63) is 111 Å². The van der Waals surface area contributed by atoms with Crippen LogP contribution in [0.15, 0.2) is 78.9 Å². The predicted molar refractivity (Wildman–Crippen MR) is 126 cm³/mol. The van der Waals surface area contributed by atoms with Crippen LogP contribution < -0.4 is 0 Å². The number of hydrogen-bond acceptors (Lipinski definition) is 5. The SMILES string of the molecule is O=C1c2ccccc2C(COCC2(CO)CC2)(c2ccccc2)N1Cc1ccc([N+](=O)[O-])cc1. The summed E-state index contributed by atoms with van der Waals surface area (Å²) >= 11 is 0. The molecule has 0 radical (unpaired) electrons. The molecule has 1 aliphatic heterocycles. The molecule has 3 aromatic rings. The van der Waals surface area contributed by atoms with Crippen LogP contribution >= 0.6 is 0 Å². The number of rotatable bonds is 9. The third-order valence-electron chi connectivity index (χ3n) is 7.06. The van der Waals surface area contributed by atoms with Crippen molar-refractivity contribution in [1.29, 1.82) is 0 Å². The summed E-state index contributed by atoms with van der Waals surface area (Å²) in [6, 6.07) is 23.7. The molecule has 34 heavy (non-hydrogen) atoms. The lowest BCUT2D eigenvalue weighted by Gasteiger charge is -2.40. The van der Waals surface area contributed by atoms with Gasteiger partial charge in [-0.05, 0) is 35.6 Å². The highest BCUT2D eigenvalue weighted by molar-refractivity contribution is 6.00. The number of hydrogen-bond donors (Lipinski definition) is 1. The fraction of sp³-hybridized carbons (Fsp3) is 0.296. The van der Waals surface area contributed by atoms with Crippen LogP contribution in [0.4, 0.5) is 5.69 Å². The van der Waals surface area contributed by atoms with E-state index < -0.39 is 10.5 Å². The van der Waals surface area contributed by atoms with E-state index in [4.69, 9.17) is 4.74 Å². The molecular formula is C27H26N2O5. The van der Waals surface area contributed by atoms with Gasteiger partial charge < -0.3 is 14.7 Å². The molecule has 1 saturated carbocycles. The van der Waals surface area contributed by atoms with E-state index >= 15 is 0 Å². The average Bonchev–Trinajstić information content (AvgIpc) is 3.62.